The Morgan fingerprint density at radius 1 is 1.00 bits per heavy atom. The zero-order chi connectivity index (χ0) is 18.2. The van der Waals surface area contributed by atoms with E-state index in [1.807, 2.05) is 30.3 Å². The minimum Gasteiger partial charge on any atom is -0.490 e. The van der Waals surface area contributed by atoms with E-state index in [1.54, 1.807) is 0 Å². The number of aliphatic carboxylic acids is 1. The van der Waals surface area contributed by atoms with Gasteiger partial charge in [0.05, 0.1) is 6.10 Å². The van der Waals surface area contributed by atoms with Gasteiger partial charge in [-0.1, -0.05) is 42.5 Å². The van der Waals surface area contributed by atoms with Crippen LogP contribution in [-0.4, -0.2) is 17.2 Å². The third-order valence-electron chi connectivity index (χ3n) is 5.23. The number of unbranched alkanes of at least 4 members (excludes halogenated alkanes) is 1. The zero-order valence-corrected chi connectivity index (χ0v) is 15.3. The van der Waals surface area contributed by atoms with Gasteiger partial charge in [0.2, 0.25) is 0 Å². The van der Waals surface area contributed by atoms with E-state index in [4.69, 9.17) is 9.84 Å². The van der Waals surface area contributed by atoms with Crippen molar-refractivity contribution in [3.05, 3.63) is 65.7 Å². The quantitative estimate of drug-likeness (QED) is 0.630. The zero-order valence-electron chi connectivity index (χ0n) is 15.3. The van der Waals surface area contributed by atoms with E-state index in [0.29, 0.717) is 12.0 Å². The number of para-hydroxylation sites is 1. The van der Waals surface area contributed by atoms with Gasteiger partial charge < -0.3 is 9.84 Å². The fourth-order valence-corrected chi connectivity index (χ4v) is 3.81. The molecule has 3 nitrogen and oxygen atoms in total. The van der Waals surface area contributed by atoms with Gasteiger partial charge in [0.15, 0.2) is 0 Å². The molecule has 0 aromatic heterocycles. The Morgan fingerprint density at radius 2 is 1.77 bits per heavy atom. The van der Waals surface area contributed by atoms with Gasteiger partial charge in [-0.05, 0) is 74.1 Å². The number of hydrogen-bond acceptors (Lipinski definition) is 2. The fourth-order valence-electron chi connectivity index (χ4n) is 3.81. The van der Waals surface area contributed by atoms with Gasteiger partial charge in [-0.25, -0.2) is 0 Å². The SMILES string of the molecule is O=C(O)CCCCc1ccc([C@@H]2CCC[C@@H](Oc3ccccc3)C2)cc1. The highest BCUT2D eigenvalue weighted by Gasteiger charge is 2.24. The molecule has 1 saturated carbocycles. The Bertz CT molecular complexity index is 678. The van der Waals surface area contributed by atoms with Gasteiger partial charge >= 0.3 is 5.97 Å². The van der Waals surface area contributed by atoms with Crippen LogP contribution in [0.15, 0.2) is 54.6 Å². The monoisotopic (exact) mass is 352 g/mol. The van der Waals surface area contributed by atoms with Crippen molar-refractivity contribution >= 4 is 5.97 Å². The van der Waals surface area contributed by atoms with Crippen LogP contribution in [0.5, 0.6) is 5.75 Å². The number of carboxylic acids is 1. The number of hydrogen-bond donors (Lipinski definition) is 1. The van der Waals surface area contributed by atoms with Crippen LogP contribution in [0.3, 0.4) is 0 Å². The molecule has 2 atom stereocenters. The van der Waals surface area contributed by atoms with Crippen molar-refractivity contribution in [1.82, 2.24) is 0 Å². The smallest absolute Gasteiger partial charge is 0.303 e. The Balaban J connectivity index is 1.51. The Kier molecular flexibility index (Phi) is 6.70. The lowest BCUT2D eigenvalue weighted by Gasteiger charge is -2.30. The van der Waals surface area contributed by atoms with Crippen LogP contribution in [0.2, 0.25) is 0 Å². The minimum absolute atomic E-state index is 0.267. The summed E-state index contributed by atoms with van der Waals surface area (Å²) < 4.78 is 6.17. The molecule has 2 aromatic rings. The Labute approximate surface area is 156 Å². The van der Waals surface area contributed by atoms with Crippen molar-refractivity contribution in [2.45, 2.75) is 63.4 Å². The van der Waals surface area contributed by atoms with E-state index in [1.165, 1.54) is 24.0 Å². The second-order valence-electron chi connectivity index (χ2n) is 7.26. The fraction of sp³-hybridized carbons (Fsp3) is 0.435. The van der Waals surface area contributed by atoms with Crippen LogP contribution in [-0.2, 0) is 11.2 Å². The normalized spacial score (nSPS) is 19.8. The highest BCUT2D eigenvalue weighted by atomic mass is 16.5. The Hall–Kier alpha value is -2.29. The van der Waals surface area contributed by atoms with Gasteiger partial charge in [-0.3, -0.25) is 4.79 Å². The molecule has 1 N–H and O–H groups in total. The number of benzene rings is 2. The summed E-state index contributed by atoms with van der Waals surface area (Å²) in [4.78, 5) is 10.6. The number of carbonyl (C=O) groups is 1. The topological polar surface area (TPSA) is 46.5 Å². The molecule has 0 unspecified atom stereocenters. The summed E-state index contributed by atoms with van der Waals surface area (Å²) in [6.45, 7) is 0. The first-order valence-corrected chi connectivity index (χ1v) is 9.73. The van der Waals surface area contributed by atoms with E-state index < -0.39 is 5.97 Å². The lowest BCUT2D eigenvalue weighted by molar-refractivity contribution is -0.137. The lowest BCUT2D eigenvalue weighted by Crippen LogP contribution is -2.24. The molecular weight excluding hydrogens is 324 g/mol. The number of ether oxygens (including phenoxy) is 1. The van der Waals surface area contributed by atoms with Crippen LogP contribution >= 0.6 is 0 Å². The molecule has 1 aliphatic carbocycles. The summed E-state index contributed by atoms with van der Waals surface area (Å²) in [5, 5.41) is 8.70. The number of carboxylic acid groups (broad SMARTS) is 1. The van der Waals surface area contributed by atoms with Crippen molar-refractivity contribution in [3.63, 3.8) is 0 Å². The first-order chi connectivity index (χ1) is 12.7. The maximum absolute atomic E-state index is 10.6. The van der Waals surface area contributed by atoms with Crippen LogP contribution in [0.25, 0.3) is 0 Å². The van der Waals surface area contributed by atoms with Gasteiger partial charge in [0, 0.05) is 6.42 Å². The molecular formula is C23H28O3. The van der Waals surface area contributed by atoms with Crippen molar-refractivity contribution in [2.75, 3.05) is 0 Å². The maximum Gasteiger partial charge on any atom is 0.303 e. The van der Waals surface area contributed by atoms with Gasteiger partial charge in [0.1, 0.15) is 5.75 Å². The maximum atomic E-state index is 10.6. The average Bonchev–Trinajstić information content (AvgIpc) is 2.67. The van der Waals surface area contributed by atoms with E-state index in [-0.39, 0.29) is 6.42 Å². The molecule has 0 bridgehead atoms. The summed E-state index contributed by atoms with van der Waals surface area (Å²) in [5.74, 6) is 0.832. The molecule has 3 rings (SSSR count). The molecule has 3 heteroatoms. The molecule has 0 amide bonds. The van der Waals surface area contributed by atoms with E-state index in [2.05, 4.69) is 24.3 Å². The third kappa shape index (κ3) is 5.62. The molecule has 0 saturated heterocycles. The molecule has 0 aliphatic heterocycles. The molecule has 26 heavy (non-hydrogen) atoms. The summed E-state index contributed by atoms with van der Waals surface area (Å²) in [6, 6.07) is 19.0. The van der Waals surface area contributed by atoms with E-state index in [9.17, 15) is 4.79 Å². The van der Waals surface area contributed by atoms with E-state index in [0.717, 1.165) is 37.9 Å². The molecule has 1 aliphatic rings. The van der Waals surface area contributed by atoms with Crippen LogP contribution < -0.4 is 4.74 Å². The summed E-state index contributed by atoms with van der Waals surface area (Å²) >= 11 is 0. The van der Waals surface area contributed by atoms with Crippen molar-refractivity contribution in [3.8, 4) is 5.75 Å². The van der Waals surface area contributed by atoms with Gasteiger partial charge in [0.25, 0.3) is 0 Å². The summed E-state index contributed by atoms with van der Waals surface area (Å²) in [6.07, 6.45) is 7.85. The third-order valence-corrected chi connectivity index (χ3v) is 5.23. The number of aryl methyl sites for hydroxylation is 1. The van der Waals surface area contributed by atoms with E-state index >= 15 is 0 Å². The van der Waals surface area contributed by atoms with Crippen LogP contribution in [0.4, 0.5) is 0 Å². The predicted molar refractivity (Wildman–Crippen MR) is 104 cm³/mol. The molecule has 2 aromatic carbocycles. The Morgan fingerprint density at radius 3 is 2.50 bits per heavy atom. The van der Waals surface area contributed by atoms with Crippen molar-refractivity contribution in [1.29, 1.82) is 0 Å². The molecule has 0 heterocycles. The van der Waals surface area contributed by atoms with Crippen molar-refractivity contribution in [2.24, 2.45) is 0 Å². The molecule has 0 radical (unpaired) electrons. The van der Waals surface area contributed by atoms with Crippen LogP contribution in [0.1, 0.15) is 62.0 Å². The predicted octanol–water partition coefficient (Wildman–Crippen LogP) is 5.59. The largest absolute Gasteiger partial charge is 0.490 e. The lowest BCUT2D eigenvalue weighted by atomic mass is 9.82. The minimum atomic E-state index is -0.704. The molecule has 138 valence electrons. The standard InChI is InChI=1S/C23H28O3/c24-23(25)12-5-4-7-18-13-15-19(16-14-18)20-8-6-11-22(17-20)26-21-9-2-1-3-10-21/h1-3,9-10,13-16,20,22H,4-8,11-12,17H2,(H,24,25)/t20-,22-/m1/s1. The number of rotatable bonds is 8. The first-order valence-electron chi connectivity index (χ1n) is 9.73. The van der Waals surface area contributed by atoms with Gasteiger partial charge in [-0.15, -0.1) is 0 Å². The van der Waals surface area contributed by atoms with Gasteiger partial charge in [-0.2, -0.15) is 0 Å². The second kappa shape index (κ2) is 9.42. The summed E-state index contributed by atoms with van der Waals surface area (Å²) in [7, 11) is 0. The first kappa shape index (κ1) is 18.5. The van der Waals surface area contributed by atoms with Crippen molar-refractivity contribution < 1.29 is 14.6 Å². The molecule has 1 fully saturated rings. The highest BCUT2D eigenvalue weighted by molar-refractivity contribution is 5.66. The summed E-state index contributed by atoms with van der Waals surface area (Å²) in [5.41, 5.74) is 2.70. The van der Waals surface area contributed by atoms with Crippen LogP contribution in [0, 0.1) is 0 Å². The highest BCUT2D eigenvalue weighted by Crippen LogP contribution is 2.35. The molecule has 0 spiro atoms. The second-order valence-corrected chi connectivity index (χ2v) is 7.26. The average molecular weight is 352 g/mol.